The quantitative estimate of drug-likeness (QED) is 0.368. The van der Waals surface area contributed by atoms with Crippen molar-refractivity contribution in [3.05, 3.63) is 65.3 Å². The lowest BCUT2D eigenvalue weighted by Gasteiger charge is -2.38. The number of nitrogen functional groups attached to an aromatic ring is 1. The van der Waals surface area contributed by atoms with Gasteiger partial charge in [0, 0.05) is 35.3 Å². The normalized spacial score (nSPS) is 22.1. The number of anilines is 1. The minimum Gasteiger partial charge on any atom is -0.383 e. The van der Waals surface area contributed by atoms with E-state index in [0.717, 1.165) is 35.4 Å². The molecule has 2 saturated heterocycles. The molecule has 2 fully saturated rings. The van der Waals surface area contributed by atoms with E-state index in [2.05, 4.69) is 37.2 Å². The Kier molecular flexibility index (Phi) is 5.58. The number of piperidine rings is 1. The zero-order valence-corrected chi connectivity index (χ0v) is 22.2. The Morgan fingerprint density at radius 1 is 1.10 bits per heavy atom. The highest BCUT2D eigenvalue weighted by Crippen LogP contribution is 2.45. The van der Waals surface area contributed by atoms with E-state index >= 15 is 0 Å². The number of carbonyl (C=O) groups is 2. The van der Waals surface area contributed by atoms with Crippen LogP contribution in [0.25, 0.3) is 16.8 Å². The van der Waals surface area contributed by atoms with Crippen LogP contribution in [0.5, 0.6) is 0 Å². The van der Waals surface area contributed by atoms with Crippen molar-refractivity contribution in [2.75, 3.05) is 12.3 Å². The molecule has 7 rings (SSSR count). The predicted molar refractivity (Wildman–Crippen MR) is 147 cm³/mol. The standard InChI is InChI=1S/C28H28N10O2/c1-14-7-22(30-10-14)21-6-3-16(11-31-21)20-12-34-38-25(29)23(15(2)39)24(35-27(20)38)17-8-18-4-5-19(9-17)37(18)28(40)26-32-13-33-36-26/h3,6-7,11-13,17-19H,4-5,8-10,29H2,1-2H3,(H,32,33,36)/t17?,18-,19+. The Morgan fingerprint density at radius 2 is 1.90 bits per heavy atom. The van der Waals surface area contributed by atoms with Crippen LogP contribution in [0, 0.1) is 0 Å². The fourth-order valence-corrected chi connectivity index (χ4v) is 6.45. The predicted octanol–water partition coefficient (Wildman–Crippen LogP) is 2.99. The topological polar surface area (TPSA) is 160 Å². The number of aliphatic imine (C=N–C) groups is 1. The minimum atomic E-state index is -0.154. The van der Waals surface area contributed by atoms with Gasteiger partial charge < -0.3 is 10.6 Å². The highest BCUT2D eigenvalue weighted by atomic mass is 16.2. The van der Waals surface area contributed by atoms with Crippen molar-refractivity contribution < 1.29 is 9.59 Å². The Bertz CT molecular complexity index is 1700. The molecule has 3 atom stereocenters. The number of ketones is 1. The Balaban J connectivity index is 1.25. The van der Waals surface area contributed by atoms with Crippen molar-refractivity contribution in [3.8, 4) is 11.1 Å². The Labute approximate surface area is 229 Å². The number of nitrogens with two attached hydrogens (primary N) is 1. The van der Waals surface area contributed by atoms with Gasteiger partial charge in [-0.25, -0.2) is 9.97 Å². The first-order valence-electron chi connectivity index (χ1n) is 13.4. The van der Waals surface area contributed by atoms with Gasteiger partial charge in [-0.1, -0.05) is 6.07 Å². The van der Waals surface area contributed by atoms with Crippen molar-refractivity contribution >= 4 is 28.9 Å². The average molecular weight is 537 g/mol. The van der Waals surface area contributed by atoms with Crippen LogP contribution in [0.3, 0.4) is 0 Å². The number of allylic oxidation sites excluding steroid dienone is 1. The second-order valence-electron chi connectivity index (χ2n) is 10.8. The number of hydrogen-bond donors (Lipinski definition) is 2. The highest BCUT2D eigenvalue weighted by Gasteiger charge is 2.45. The van der Waals surface area contributed by atoms with E-state index in [9.17, 15) is 9.59 Å². The summed E-state index contributed by atoms with van der Waals surface area (Å²) in [4.78, 5) is 46.2. The van der Waals surface area contributed by atoms with Gasteiger partial charge in [-0.05, 0) is 57.2 Å². The van der Waals surface area contributed by atoms with E-state index in [1.807, 2.05) is 23.1 Å². The molecular weight excluding hydrogens is 508 g/mol. The number of fused-ring (bicyclic) bond motifs is 3. The average Bonchev–Trinajstić information content (AvgIpc) is 3.75. The third kappa shape index (κ3) is 3.81. The van der Waals surface area contributed by atoms with E-state index in [0.29, 0.717) is 36.3 Å². The van der Waals surface area contributed by atoms with Crippen molar-refractivity contribution in [3.63, 3.8) is 0 Å². The zero-order valence-electron chi connectivity index (χ0n) is 22.2. The molecule has 0 spiro atoms. The monoisotopic (exact) mass is 536 g/mol. The van der Waals surface area contributed by atoms with Crippen LogP contribution in [0.1, 0.15) is 77.8 Å². The summed E-state index contributed by atoms with van der Waals surface area (Å²) >= 11 is 0. The van der Waals surface area contributed by atoms with Crippen molar-refractivity contribution in [1.29, 1.82) is 0 Å². The van der Waals surface area contributed by atoms with E-state index in [-0.39, 0.29) is 41.3 Å². The Morgan fingerprint density at radius 3 is 2.52 bits per heavy atom. The molecule has 40 heavy (non-hydrogen) atoms. The summed E-state index contributed by atoms with van der Waals surface area (Å²) in [6.45, 7) is 4.26. The summed E-state index contributed by atoms with van der Waals surface area (Å²) in [5.74, 6) is 0.204. The van der Waals surface area contributed by atoms with Crippen LogP contribution < -0.4 is 5.73 Å². The maximum Gasteiger partial charge on any atom is 0.291 e. The number of aromatic nitrogens is 7. The number of Topliss-reactive ketones (excluding diaryl/α,β-unsaturated/α-hetero) is 1. The van der Waals surface area contributed by atoms with Gasteiger partial charge in [0.1, 0.15) is 12.1 Å². The summed E-state index contributed by atoms with van der Waals surface area (Å²) in [5.41, 5.74) is 12.8. The molecular formula is C28H28N10O2. The maximum atomic E-state index is 13.1. The SMILES string of the molecule is CC(=O)c1c(C2C[C@H]3CC[C@@H](C2)N3C(=O)c2ncn[nH]2)nc2c(-c3ccc(C4=NCC(C)=C4)nc3)cnn2c1N. The molecule has 0 radical (unpaired) electrons. The third-order valence-corrected chi connectivity index (χ3v) is 8.25. The van der Waals surface area contributed by atoms with E-state index < -0.39 is 0 Å². The molecule has 1 amide bonds. The molecule has 4 aromatic heterocycles. The van der Waals surface area contributed by atoms with E-state index in [1.54, 1.807) is 12.4 Å². The van der Waals surface area contributed by atoms with Gasteiger partial charge in [-0.2, -0.15) is 14.7 Å². The first-order chi connectivity index (χ1) is 19.4. The van der Waals surface area contributed by atoms with Gasteiger partial charge >= 0.3 is 0 Å². The molecule has 0 aliphatic carbocycles. The van der Waals surface area contributed by atoms with Crippen LogP contribution >= 0.6 is 0 Å². The third-order valence-electron chi connectivity index (χ3n) is 8.25. The number of nitrogens with zero attached hydrogens (tertiary/aromatic N) is 8. The number of nitrogens with one attached hydrogen (secondary N) is 1. The number of aromatic amines is 1. The van der Waals surface area contributed by atoms with Crippen LogP contribution in [-0.2, 0) is 0 Å². The van der Waals surface area contributed by atoms with Gasteiger partial charge in [0.15, 0.2) is 11.4 Å². The molecule has 12 heteroatoms. The van der Waals surface area contributed by atoms with E-state index in [4.69, 9.17) is 10.7 Å². The number of H-pyrrole nitrogens is 1. The molecule has 2 bridgehead atoms. The summed E-state index contributed by atoms with van der Waals surface area (Å²) in [7, 11) is 0. The van der Waals surface area contributed by atoms with Crippen LogP contribution in [0.15, 0.2) is 47.5 Å². The minimum absolute atomic E-state index is 0.0257. The molecule has 202 valence electrons. The molecule has 3 aliphatic heterocycles. The smallest absolute Gasteiger partial charge is 0.291 e. The van der Waals surface area contributed by atoms with Gasteiger partial charge in [0.2, 0.25) is 5.82 Å². The molecule has 0 aromatic carbocycles. The van der Waals surface area contributed by atoms with Gasteiger partial charge in [0.25, 0.3) is 5.91 Å². The zero-order chi connectivity index (χ0) is 27.5. The molecule has 1 unspecified atom stereocenters. The number of pyridine rings is 1. The number of rotatable bonds is 5. The Hall–Kier alpha value is -4.74. The fourth-order valence-electron chi connectivity index (χ4n) is 6.45. The lowest BCUT2D eigenvalue weighted by atomic mass is 9.85. The van der Waals surface area contributed by atoms with Crippen LogP contribution in [-0.4, -0.2) is 75.7 Å². The summed E-state index contributed by atoms with van der Waals surface area (Å²) in [6, 6.07) is 3.98. The molecule has 0 saturated carbocycles. The van der Waals surface area contributed by atoms with Crippen molar-refractivity contribution in [2.24, 2.45) is 4.99 Å². The highest BCUT2D eigenvalue weighted by molar-refractivity contribution is 6.09. The lowest BCUT2D eigenvalue weighted by Crippen LogP contribution is -2.46. The largest absolute Gasteiger partial charge is 0.383 e. The number of amides is 1. The summed E-state index contributed by atoms with van der Waals surface area (Å²) in [5, 5.41) is 11.0. The molecule has 3 N–H and O–H groups in total. The van der Waals surface area contributed by atoms with E-state index in [1.165, 1.54) is 23.3 Å². The second kappa shape index (κ2) is 9.18. The second-order valence-corrected chi connectivity index (χ2v) is 10.8. The van der Waals surface area contributed by atoms with Crippen LogP contribution in [0.2, 0.25) is 0 Å². The number of carbonyl (C=O) groups excluding carboxylic acids is 2. The summed E-state index contributed by atoms with van der Waals surface area (Å²) < 4.78 is 1.54. The van der Waals surface area contributed by atoms with Crippen molar-refractivity contribution in [1.82, 2.24) is 39.7 Å². The molecule has 12 nitrogen and oxygen atoms in total. The number of hydrogen-bond acceptors (Lipinski definition) is 9. The van der Waals surface area contributed by atoms with Gasteiger partial charge in [-0.3, -0.25) is 24.7 Å². The first kappa shape index (κ1) is 24.3. The molecule has 3 aliphatic rings. The van der Waals surface area contributed by atoms with Gasteiger partial charge in [0.05, 0.1) is 35.4 Å². The van der Waals surface area contributed by atoms with Crippen LogP contribution in [0.4, 0.5) is 5.82 Å². The summed E-state index contributed by atoms with van der Waals surface area (Å²) in [6.07, 6.45) is 10.1. The van der Waals surface area contributed by atoms with Crippen molar-refractivity contribution in [2.45, 2.75) is 57.5 Å². The fraction of sp³-hybridized carbons (Fsp3) is 0.357. The maximum absolute atomic E-state index is 13.1. The lowest BCUT2D eigenvalue weighted by molar-refractivity contribution is 0.0556. The molecule has 4 aromatic rings. The first-order valence-corrected chi connectivity index (χ1v) is 13.4. The molecule has 7 heterocycles. The van der Waals surface area contributed by atoms with Gasteiger partial charge in [-0.15, -0.1) is 0 Å².